The smallest absolute Gasteiger partial charge is 0.276 e. The highest BCUT2D eigenvalue weighted by molar-refractivity contribution is 7.16. The Morgan fingerprint density at radius 2 is 2.04 bits per heavy atom. The van der Waals surface area contributed by atoms with Crippen molar-refractivity contribution in [2.75, 3.05) is 6.54 Å². The summed E-state index contributed by atoms with van der Waals surface area (Å²) in [6.45, 7) is 3.05. The lowest BCUT2D eigenvalue weighted by Gasteiger charge is -2.18. The lowest BCUT2D eigenvalue weighted by atomic mass is 10.3. The van der Waals surface area contributed by atoms with Crippen LogP contribution in [0.5, 0.6) is 0 Å². The number of thiophene rings is 1. The van der Waals surface area contributed by atoms with Crippen LogP contribution in [0.3, 0.4) is 0 Å². The van der Waals surface area contributed by atoms with Crippen molar-refractivity contribution in [3.05, 3.63) is 63.6 Å². The minimum Gasteiger partial charge on any atom is -0.332 e. The molecular weight excluding hydrogens is 332 g/mol. The molecule has 0 spiro atoms. The van der Waals surface area contributed by atoms with E-state index in [2.05, 4.69) is 10.2 Å². The summed E-state index contributed by atoms with van der Waals surface area (Å²) in [5, 5.41) is 8.46. The number of carbonyl (C=O) groups is 1. The molecule has 0 bridgehead atoms. The Kier molecular flexibility index (Phi) is 4.73. The van der Waals surface area contributed by atoms with Crippen molar-refractivity contribution in [3.8, 4) is 5.69 Å². The zero-order chi connectivity index (χ0) is 16.2. The molecule has 23 heavy (non-hydrogen) atoms. The lowest BCUT2D eigenvalue weighted by molar-refractivity contribution is 0.0748. The van der Waals surface area contributed by atoms with Gasteiger partial charge in [-0.25, -0.2) is 0 Å². The zero-order valence-electron chi connectivity index (χ0n) is 12.5. The van der Waals surface area contributed by atoms with Gasteiger partial charge in [-0.1, -0.05) is 29.8 Å². The molecule has 5 nitrogen and oxygen atoms in total. The summed E-state index contributed by atoms with van der Waals surface area (Å²) in [5.74, 6) is -0.140. The molecule has 0 radical (unpaired) electrons. The van der Waals surface area contributed by atoms with Gasteiger partial charge in [-0.15, -0.1) is 16.4 Å². The highest BCUT2D eigenvalue weighted by atomic mass is 35.5. The van der Waals surface area contributed by atoms with Crippen LogP contribution in [-0.2, 0) is 6.54 Å². The van der Waals surface area contributed by atoms with Crippen molar-refractivity contribution < 1.29 is 4.79 Å². The molecular formula is C16H15ClN4OS. The quantitative estimate of drug-likeness (QED) is 0.708. The third-order valence-electron chi connectivity index (χ3n) is 3.34. The second kappa shape index (κ2) is 6.93. The summed E-state index contributed by atoms with van der Waals surface area (Å²) in [4.78, 5) is 16.8. The first-order chi connectivity index (χ1) is 11.2. The zero-order valence-corrected chi connectivity index (χ0v) is 14.1. The van der Waals surface area contributed by atoms with E-state index in [1.165, 1.54) is 22.3 Å². The Hall–Kier alpha value is -2.18. The van der Waals surface area contributed by atoms with Crippen molar-refractivity contribution >= 4 is 28.8 Å². The molecule has 1 aromatic carbocycles. The minimum atomic E-state index is -0.140. The average molecular weight is 347 g/mol. The second-order valence-electron chi connectivity index (χ2n) is 4.88. The first-order valence-corrected chi connectivity index (χ1v) is 8.38. The van der Waals surface area contributed by atoms with Gasteiger partial charge in [0, 0.05) is 11.4 Å². The maximum atomic E-state index is 12.6. The molecule has 0 N–H and O–H groups in total. The number of aromatic nitrogens is 3. The van der Waals surface area contributed by atoms with Crippen molar-refractivity contribution in [2.45, 2.75) is 13.5 Å². The van der Waals surface area contributed by atoms with Gasteiger partial charge in [-0.2, -0.15) is 9.90 Å². The molecule has 2 aromatic heterocycles. The Morgan fingerprint density at radius 3 is 2.70 bits per heavy atom. The summed E-state index contributed by atoms with van der Waals surface area (Å²) >= 11 is 7.42. The molecule has 2 heterocycles. The van der Waals surface area contributed by atoms with E-state index in [-0.39, 0.29) is 5.91 Å². The Bertz CT molecular complexity index is 799. The normalized spacial score (nSPS) is 10.7. The highest BCUT2D eigenvalue weighted by Crippen LogP contribution is 2.23. The number of carbonyl (C=O) groups excluding carboxylic acids is 1. The van der Waals surface area contributed by atoms with E-state index >= 15 is 0 Å². The fraction of sp³-hybridized carbons (Fsp3) is 0.188. The van der Waals surface area contributed by atoms with Crippen LogP contribution in [0.1, 0.15) is 22.3 Å². The van der Waals surface area contributed by atoms with Crippen molar-refractivity contribution in [2.24, 2.45) is 0 Å². The standard InChI is InChI=1S/C16H15ClN4OS/c1-2-20(11-13-8-9-15(17)23-13)16(22)14-10-18-21(19-14)12-6-4-3-5-7-12/h3-10H,2,11H2,1H3. The van der Waals surface area contributed by atoms with E-state index in [9.17, 15) is 4.79 Å². The summed E-state index contributed by atoms with van der Waals surface area (Å²) in [6.07, 6.45) is 1.50. The summed E-state index contributed by atoms with van der Waals surface area (Å²) in [6, 6.07) is 13.3. The van der Waals surface area contributed by atoms with E-state index in [0.717, 1.165) is 14.9 Å². The van der Waals surface area contributed by atoms with Crippen LogP contribution in [0.25, 0.3) is 5.69 Å². The highest BCUT2D eigenvalue weighted by Gasteiger charge is 2.19. The minimum absolute atomic E-state index is 0.140. The van der Waals surface area contributed by atoms with Gasteiger partial charge in [-0.05, 0) is 31.2 Å². The molecule has 0 saturated heterocycles. The van der Waals surface area contributed by atoms with Gasteiger partial charge in [0.25, 0.3) is 5.91 Å². The molecule has 0 unspecified atom stereocenters. The molecule has 0 fully saturated rings. The van der Waals surface area contributed by atoms with E-state index in [4.69, 9.17) is 11.6 Å². The van der Waals surface area contributed by atoms with Crippen LogP contribution >= 0.6 is 22.9 Å². The van der Waals surface area contributed by atoms with Crippen LogP contribution < -0.4 is 0 Å². The molecule has 0 aliphatic carbocycles. The first kappa shape index (κ1) is 15.7. The van der Waals surface area contributed by atoms with Gasteiger partial charge in [0.15, 0.2) is 5.69 Å². The number of nitrogens with zero attached hydrogens (tertiary/aromatic N) is 4. The van der Waals surface area contributed by atoms with Crippen LogP contribution in [0, 0.1) is 0 Å². The predicted octanol–water partition coefficient (Wildman–Crippen LogP) is 3.64. The van der Waals surface area contributed by atoms with E-state index in [1.54, 1.807) is 4.90 Å². The Labute approximate surface area is 143 Å². The van der Waals surface area contributed by atoms with Crippen molar-refractivity contribution in [3.63, 3.8) is 0 Å². The number of rotatable bonds is 5. The number of hydrogen-bond donors (Lipinski definition) is 0. The molecule has 1 amide bonds. The monoisotopic (exact) mass is 346 g/mol. The Morgan fingerprint density at radius 1 is 1.26 bits per heavy atom. The molecule has 0 saturated carbocycles. The molecule has 0 aliphatic rings. The van der Waals surface area contributed by atoms with Crippen LogP contribution in [-0.4, -0.2) is 32.3 Å². The maximum Gasteiger partial charge on any atom is 0.276 e. The number of benzene rings is 1. The third kappa shape index (κ3) is 3.60. The molecule has 7 heteroatoms. The Balaban J connectivity index is 1.77. The van der Waals surface area contributed by atoms with E-state index in [0.29, 0.717) is 18.8 Å². The second-order valence-corrected chi connectivity index (χ2v) is 6.68. The molecule has 118 valence electrons. The van der Waals surface area contributed by atoms with E-state index < -0.39 is 0 Å². The van der Waals surface area contributed by atoms with Gasteiger partial charge in [0.05, 0.1) is 22.8 Å². The molecule has 0 aliphatic heterocycles. The third-order valence-corrected chi connectivity index (χ3v) is 4.56. The van der Waals surface area contributed by atoms with Crippen LogP contribution in [0.2, 0.25) is 4.34 Å². The number of amides is 1. The van der Waals surface area contributed by atoms with Crippen LogP contribution in [0.15, 0.2) is 48.7 Å². The van der Waals surface area contributed by atoms with Gasteiger partial charge in [0.1, 0.15) is 0 Å². The van der Waals surface area contributed by atoms with Crippen molar-refractivity contribution in [1.29, 1.82) is 0 Å². The molecule has 3 aromatic rings. The largest absolute Gasteiger partial charge is 0.332 e. The summed E-state index contributed by atoms with van der Waals surface area (Å²) in [7, 11) is 0. The summed E-state index contributed by atoms with van der Waals surface area (Å²) < 4.78 is 0.721. The SMILES string of the molecule is CCN(Cc1ccc(Cl)s1)C(=O)c1cnn(-c2ccccc2)n1. The number of para-hydroxylation sites is 1. The maximum absolute atomic E-state index is 12.6. The van der Waals surface area contributed by atoms with Gasteiger partial charge >= 0.3 is 0 Å². The molecule has 3 rings (SSSR count). The van der Waals surface area contributed by atoms with E-state index in [1.807, 2.05) is 49.4 Å². The fourth-order valence-corrected chi connectivity index (χ4v) is 3.26. The van der Waals surface area contributed by atoms with Crippen molar-refractivity contribution in [1.82, 2.24) is 19.9 Å². The number of halogens is 1. The first-order valence-electron chi connectivity index (χ1n) is 7.18. The lowest BCUT2D eigenvalue weighted by Crippen LogP contribution is -2.30. The van der Waals surface area contributed by atoms with Gasteiger partial charge in [0.2, 0.25) is 0 Å². The fourth-order valence-electron chi connectivity index (χ4n) is 2.16. The number of hydrogen-bond acceptors (Lipinski definition) is 4. The molecule has 0 atom stereocenters. The predicted molar refractivity (Wildman–Crippen MR) is 91.1 cm³/mol. The topological polar surface area (TPSA) is 51.0 Å². The van der Waals surface area contributed by atoms with Gasteiger partial charge < -0.3 is 4.90 Å². The van der Waals surface area contributed by atoms with Crippen LogP contribution in [0.4, 0.5) is 0 Å². The van der Waals surface area contributed by atoms with Gasteiger partial charge in [-0.3, -0.25) is 4.79 Å². The summed E-state index contributed by atoms with van der Waals surface area (Å²) in [5.41, 5.74) is 1.15. The average Bonchev–Trinajstić information content (AvgIpc) is 3.22.